The zero-order valence-corrected chi connectivity index (χ0v) is 14.7. The third-order valence-electron chi connectivity index (χ3n) is 3.77. The molecule has 3 rings (SSSR count). The zero-order chi connectivity index (χ0) is 16.9. The van der Waals surface area contributed by atoms with Gasteiger partial charge in [0.1, 0.15) is 0 Å². The van der Waals surface area contributed by atoms with E-state index in [1.807, 2.05) is 79.4 Å². The molecular formula is C20H20N2OS. The van der Waals surface area contributed by atoms with Crippen LogP contribution in [-0.4, -0.2) is 22.7 Å². The molecule has 0 spiro atoms. The number of amides is 1. The van der Waals surface area contributed by atoms with Crippen LogP contribution in [0.2, 0.25) is 0 Å². The van der Waals surface area contributed by atoms with Crippen LogP contribution in [0.1, 0.15) is 13.8 Å². The van der Waals surface area contributed by atoms with Gasteiger partial charge in [0.25, 0.3) is 0 Å². The first-order valence-electron chi connectivity index (χ1n) is 8.00. The lowest BCUT2D eigenvalue weighted by molar-refractivity contribution is -0.116. The summed E-state index contributed by atoms with van der Waals surface area (Å²) in [7, 11) is 0. The van der Waals surface area contributed by atoms with E-state index in [0.29, 0.717) is 5.75 Å². The maximum Gasteiger partial charge on any atom is 0.237 e. The van der Waals surface area contributed by atoms with Crippen LogP contribution in [0, 0.1) is 0 Å². The molecule has 1 heterocycles. The zero-order valence-electron chi connectivity index (χ0n) is 13.8. The summed E-state index contributed by atoms with van der Waals surface area (Å²) in [5, 5.41) is 1.10. The van der Waals surface area contributed by atoms with Crippen LogP contribution in [-0.2, 0) is 4.79 Å². The van der Waals surface area contributed by atoms with E-state index in [1.165, 1.54) is 0 Å². The Morgan fingerprint density at radius 1 is 1.04 bits per heavy atom. The molecule has 0 unspecified atom stereocenters. The minimum Gasteiger partial charge on any atom is -0.309 e. The molecule has 0 fully saturated rings. The predicted octanol–water partition coefficient (Wildman–Crippen LogP) is 4.77. The van der Waals surface area contributed by atoms with Gasteiger partial charge >= 0.3 is 0 Å². The number of carbonyl (C=O) groups is 1. The molecule has 0 saturated heterocycles. The minimum atomic E-state index is 0.106. The highest BCUT2D eigenvalue weighted by Crippen LogP contribution is 2.27. The molecule has 3 nitrogen and oxygen atoms in total. The fraction of sp³-hybridized carbons (Fsp3) is 0.200. The van der Waals surface area contributed by atoms with Crippen LogP contribution in [0.5, 0.6) is 0 Å². The Morgan fingerprint density at radius 3 is 2.54 bits per heavy atom. The van der Waals surface area contributed by atoms with E-state index in [4.69, 9.17) is 0 Å². The van der Waals surface area contributed by atoms with E-state index in [-0.39, 0.29) is 11.9 Å². The molecule has 0 aliphatic heterocycles. The van der Waals surface area contributed by atoms with Gasteiger partial charge in [0, 0.05) is 28.2 Å². The van der Waals surface area contributed by atoms with Gasteiger partial charge in [0.15, 0.2) is 0 Å². The molecule has 2 aromatic carbocycles. The Labute approximate surface area is 146 Å². The summed E-state index contributed by atoms with van der Waals surface area (Å²) in [6, 6.07) is 20.0. The molecule has 1 aromatic heterocycles. The molecule has 0 bridgehead atoms. The van der Waals surface area contributed by atoms with E-state index in [1.54, 1.807) is 18.0 Å². The van der Waals surface area contributed by atoms with Crippen LogP contribution in [0.4, 0.5) is 5.69 Å². The number of pyridine rings is 1. The summed E-state index contributed by atoms with van der Waals surface area (Å²) >= 11 is 1.54. The quantitative estimate of drug-likeness (QED) is 0.629. The highest BCUT2D eigenvalue weighted by Gasteiger charge is 2.19. The topological polar surface area (TPSA) is 33.2 Å². The maximum atomic E-state index is 12.8. The van der Waals surface area contributed by atoms with Crippen molar-refractivity contribution in [2.24, 2.45) is 0 Å². The van der Waals surface area contributed by atoms with Crippen molar-refractivity contribution in [1.82, 2.24) is 4.98 Å². The van der Waals surface area contributed by atoms with E-state index < -0.39 is 0 Å². The number of hydrogen-bond acceptors (Lipinski definition) is 3. The van der Waals surface area contributed by atoms with E-state index in [9.17, 15) is 4.79 Å². The lowest BCUT2D eigenvalue weighted by atomic mass is 10.2. The van der Waals surface area contributed by atoms with Crippen LogP contribution in [0.3, 0.4) is 0 Å². The standard InChI is InChI=1S/C20H20N2OS/c1-15(2)22(17-10-4-3-5-11-17)19(23)14-24-18-12-6-8-16-9-7-13-21-20(16)18/h3-13,15H,14H2,1-2H3. The Hall–Kier alpha value is -2.33. The molecule has 0 radical (unpaired) electrons. The van der Waals surface area contributed by atoms with Gasteiger partial charge in [-0.05, 0) is 38.1 Å². The lowest BCUT2D eigenvalue weighted by Crippen LogP contribution is -2.38. The first kappa shape index (κ1) is 16.5. The van der Waals surface area contributed by atoms with Gasteiger partial charge in [-0.25, -0.2) is 0 Å². The van der Waals surface area contributed by atoms with E-state index in [0.717, 1.165) is 21.5 Å². The van der Waals surface area contributed by atoms with Gasteiger partial charge in [-0.3, -0.25) is 9.78 Å². The summed E-state index contributed by atoms with van der Waals surface area (Å²) in [6.45, 7) is 4.07. The molecule has 0 saturated carbocycles. The Morgan fingerprint density at radius 2 is 1.79 bits per heavy atom. The van der Waals surface area contributed by atoms with E-state index in [2.05, 4.69) is 4.98 Å². The van der Waals surface area contributed by atoms with Crippen LogP contribution < -0.4 is 4.90 Å². The average molecular weight is 336 g/mol. The van der Waals surface area contributed by atoms with Crippen molar-refractivity contribution >= 4 is 34.3 Å². The smallest absolute Gasteiger partial charge is 0.237 e. The molecule has 24 heavy (non-hydrogen) atoms. The fourth-order valence-electron chi connectivity index (χ4n) is 2.72. The van der Waals surface area contributed by atoms with Crippen molar-refractivity contribution < 1.29 is 4.79 Å². The summed E-state index contributed by atoms with van der Waals surface area (Å²) in [4.78, 5) is 20.1. The third kappa shape index (κ3) is 3.60. The second-order valence-electron chi connectivity index (χ2n) is 5.81. The number of anilines is 1. The number of thioether (sulfide) groups is 1. The number of fused-ring (bicyclic) bond motifs is 1. The molecule has 0 N–H and O–H groups in total. The summed E-state index contributed by atoms with van der Waals surface area (Å²) in [5.74, 6) is 0.497. The maximum absolute atomic E-state index is 12.8. The number of aromatic nitrogens is 1. The molecule has 0 aliphatic carbocycles. The van der Waals surface area contributed by atoms with Gasteiger partial charge < -0.3 is 4.90 Å². The molecule has 0 aliphatic rings. The highest BCUT2D eigenvalue weighted by atomic mass is 32.2. The Bertz CT molecular complexity index is 828. The van der Waals surface area contributed by atoms with Gasteiger partial charge in [-0.15, -0.1) is 11.8 Å². The Kier molecular flexibility index (Phi) is 5.16. The second kappa shape index (κ2) is 7.49. The summed E-state index contributed by atoms with van der Waals surface area (Å²) in [6.07, 6.45) is 1.79. The average Bonchev–Trinajstić information content (AvgIpc) is 2.60. The molecule has 3 aromatic rings. The fourth-order valence-corrected chi connectivity index (χ4v) is 3.62. The minimum absolute atomic E-state index is 0.106. The van der Waals surface area contributed by atoms with Crippen molar-refractivity contribution in [2.75, 3.05) is 10.7 Å². The normalized spacial score (nSPS) is 11.0. The molecule has 122 valence electrons. The van der Waals surface area contributed by atoms with E-state index >= 15 is 0 Å². The Balaban J connectivity index is 1.78. The third-order valence-corrected chi connectivity index (χ3v) is 4.80. The number of nitrogens with zero attached hydrogens (tertiary/aromatic N) is 2. The van der Waals surface area contributed by atoms with Gasteiger partial charge in [0.2, 0.25) is 5.91 Å². The second-order valence-corrected chi connectivity index (χ2v) is 6.83. The number of hydrogen-bond donors (Lipinski definition) is 0. The highest BCUT2D eigenvalue weighted by molar-refractivity contribution is 8.00. The summed E-state index contributed by atoms with van der Waals surface area (Å²) < 4.78 is 0. The van der Waals surface area contributed by atoms with Crippen molar-refractivity contribution in [3.63, 3.8) is 0 Å². The number of benzene rings is 2. The number of carbonyl (C=O) groups excluding carboxylic acids is 1. The van der Waals surface area contributed by atoms with Crippen molar-refractivity contribution in [1.29, 1.82) is 0 Å². The van der Waals surface area contributed by atoms with Crippen molar-refractivity contribution in [3.8, 4) is 0 Å². The van der Waals surface area contributed by atoms with Crippen LogP contribution in [0.25, 0.3) is 10.9 Å². The predicted molar refractivity (Wildman–Crippen MR) is 102 cm³/mol. The monoisotopic (exact) mass is 336 g/mol. The SMILES string of the molecule is CC(C)N(C(=O)CSc1cccc2cccnc12)c1ccccc1. The van der Waals surface area contributed by atoms with Crippen LogP contribution in [0.15, 0.2) is 71.8 Å². The lowest BCUT2D eigenvalue weighted by Gasteiger charge is -2.26. The molecule has 4 heteroatoms. The summed E-state index contributed by atoms with van der Waals surface area (Å²) in [5.41, 5.74) is 1.89. The first-order chi connectivity index (χ1) is 11.7. The first-order valence-corrected chi connectivity index (χ1v) is 8.99. The van der Waals surface area contributed by atoms with Crippen molar-refractivity contribution in [2.45, 2.75) is 24.8 Å². The molecular weight excluding hydrogens is 316 g/mol. The van der Waals surface area contributed by atoms with Crippen LogP contribution >= 0.6 is 11.8 Å². The van der Waals surface area contributed by atoms with Gasteiger partial charge in [0.05, 0.1) is 11.3 Å². The number of para-hydroxylation sites is 2. The molecule has 1 amide bonds. The number of rotatable bonds is 5. The van der Waals surface area contributed by atoms with Gasteiger partial charge in [-0.2, -0.15) is 0 Å². The van der Waals surface area contributed by atoms with Gasteiger partial charge in [-0.1, -0.05) is 36.4 Å². The van der Waals surface area contributed by atoms with Crippen molar-refractivity contribution in [3.05, 3.63) is 66.9 Å². The molecule has 0 atom stereocenters. The largest absolute Gasteiger partial charge is 0.309 e.